The predicted molar refractivity (Wildman–Crippen MR) is 38.3 cm³/mol. The van der Waals surface area contributed by atoms with Crippen LogP contribution in [0.25, 0.3) is 0 Å². The predicted octanol–water partition coefficient (Wildman–Crippen LogP) is 1.59. The average molecular weight is 133 g/mol. The van der Waals surface area contributed by atoms with Crippen molar-refractivity contribution in [1.82, 2.24) is 5.32 Å². The van der Waals surface area contributed by atoms with Crippen LogP contribution in [0, 0.1) is 5.92 Å². The minimum absolute atomic E-state index is 0.0207. The van der Waals surface area contributed by atoms with Crippen LogP contribution >= 0.6 is 0 Å². The van der Waals surface area contributed by atoms with Gasteiger partial charge in [0, 0.05) is 6.04 Å². The number of nitrogens with one attached hydrogen (secondary N) is 1. The molecule has 0 aromatic carbocycles. The van der Waals surface area contributed by atoms with E-state index in [1.807, 2.05) is 6.92 Å². The van der Waals surface area contributed by atoms with Crippen molar-refractivity contribution in [2.24, 2.45) is 5.92 Å². The molecule has 56 valence electrons. The molecule has 2 heteroatoms. The molecular formula is C7H16FN. The van der Waals surface area contributed by atoms with E-state index in [9.17, 15) is 4.39 Å². The minimum atomic E-state index is -0.271. The maximum absolute atomic E-state index is 11.8. The van der Waals surface area contributed by atoms with Crippen LogP contribution in [0.1, 0.15) is 20.8 Å². The van der Waals surface area contributed by atoms with Crippen LogP contribution in [0.4, 0.5) is 4.39 Å². The lowest BCUT2D eigenvalue weighted by molar-refractivity contribution is 0.378. The Morgan fingerprint density at radius 1 is 1.33 bits per heavy atom. The molecule has 1 nitrogen and oxygen atoms in total. The summed E-state index contributed by atoms with van der Waals surface area (Å²) in [7, 11) is 0. The van der Waals surface area contributed by atoms with E-state index in [0.717, 1.165) is 6.54 Å². The summed E-state index contributed by atoms with van der Waals surface area (Å²) >= 11 is 0. The third-order valence-corrected chi connectivity index (χ3v) is 1.11. The quantitative estimate of drug-likeness (QED) is 0.614. The monoisotopic (exact) mass is 133 g/mol. The molecule has 0 fully saturated rings. The molecule has 0 amide bonds. The van der Waals surface area contributed by atoms with E-state index in [1.165, 1.54) is 0 Å². The number of hydrogen-bond acceptors (Lipinski definition) is 1. The molecular weight excluding hydrogens is 117 g/mol. The van der Waals surface area contributed by atoms with Crippen LogP contribution in [0.3, 0.4) is 0 Å². The van der Waals surface area contributed by atoms with E-state index >= 15 is 0 Å². The number of halogens is 1. The first-order valence-corrected chi connectivity index (χ1v) is 3.46. The van der Waals surface area contributed by atoms with Gasteiger partial charge in [0.2, 0.25) is 0 Å². The van der Waals surface area contributed by atoms with Gasteiger partial charge in [0.25, 0.3) is 0 Å². The normalized spacial score (nSPS) is 14.3. The minimum Gasteiger partial charge on any atom is -0.311 e. The lowest BCUT2D eigenvalue weighted by Gasteiger charge is -2.10. The van der Waals surface area contributed by atoms with Gasteiger partial charge < -0.3 is 5.32 Å². The van der Waals surface area contributed by atoms with Gasteiger partial charge in [-0.3, -0.25) is 0 Å². The summed E-state index contributed by atoms with van der Waals surface area (Å²) in [6.07, 6.45) is 0. The van der Waals surface area contributed by atoms with Crippen molar-refractivity contribution in [2.75, 3.05) is 13.2 Å². The maximum Gasteiger partial charge on any atom is 0.104 e. The zero-order chi connectivity index (χ0) is 7.28. The topological polar surface area (TPSA) is 12.0 Å². The van der Waals surface area contributed by atoms with Crippen molar-refractivity contribution < 1.29 is 4.39 Å². The summed E-state index contributed by atoms with van der Waals surface area (Å²) in [5.74, 6) is 0.610. The molecule has 0 aliphatic heterocycles. The van der Waals surface area contributed by atoms with Crippen molar-refractivity contribution in [3.63, 3.8) is 0 Å². The molecule has 0 bridgehead atoms. The molecule has 0 rings (SSSR count). The van der Waals surface area contributed by atoms with Gasteiger partial charge in [-0.05, 0) is 19.4 Å². The van der Waals surface area contributed by atoms with Gasteiger partial charge in [-0.25, -0.2) is 4.39 Å². The van der Waals surface area contributed by atoms with E-state index in [2.05, 4.69) is 19.2 Å². The molecule has 9 heavy (non-hydrogen) atoms. The molecule has 0 radical (unpaired) electrons. The summed E-state index contributed by atoms with van der Waals surface area (Å²) < 4.78 is 11.8. The van der Waals surface area contributed by atoms with Crippen LogP contribution in [0.5, 0.6) is 0 Å². The Hall–Kier alpha value is -0.110. The Balaban J connectivity index is 3.06. The molecule has 0 unspecified atom stereocenters. The molecule has 1 N–H and O–H groups in total. The van der Waals surface area contributed by atoms with Crippen LogP contribution in [-0.2, 0) is 0 Å². The maximum atomic E-state index is 11.8. The second kappa shape index (κ2) is 4.74. The number of alkyl halides is 1. The van der Waals surface area contributed by atoms with Gasteiger partial charge in [-0.1, -0.05) is 13.8 Å². The van der Waals surface area contributed by atoms with Crippen LogP contribution < -0.4 is 5.32 Å². The van der Waals surface area contributed by atoms with Crippen molar-refractivity contribution in [2.45, 2.75) is 26.8 Å². The molecule has 0 saturated carbocycles. The third-order valence-electron chi connectivity index (χ3n) is 1.11. The Bertz CT molecular complexity index is 63.9. The third kappa shape index (κ3) is 5.77. The van der Waals surface area contributed by atoms with Gasteiger partial charge >= 0.3 is 0 Å². The molecule has 0 saturated heterocycles. The van der Waals surface area contributed by atoms with E-state index in [-0.39, 0.29) is 12.7 Å². The Labute approximate surface area is 56.6 Å². The van der Waals surface area contributed by atoms with E-state index in [4.69, 9.17) is 0 Å². The van der Waals surface area contributed by atoms with Crippen LogP contribution in [0.2, 0.25) is 0 Å². The van der Waals surface area contributed by atoms with Gasteiger partial charge in [-0.15, -0.1) is 0 Å². The fourth-order valence-corrected chi connectivity index (χ4v) is 0.491. The van der Waals surface area contributed by atoms with Crippen LogP contribution in [-0.4, -0.2) is 19.3 Å². The van der Waals surface area contributed by atoms with E-state index in [1.54, 1.807) is 0 Å². The Morgan fingerprint density at radius 3 is 2.22 bits per heavy atom. The first kappa shape index (κ1) is 8.89. The highest BCUT2D eigenvalue weighted by atomic mass is 19.1. The fourth-order valence-electron chi connectivity index (χ4n) is 0.491. The molecule has 0 aromatic heterocycles. The standard InChI is InChI=1S/C7H16FN/c1-6(2)5-9-7(3)4-8/h6-7,9H,4-5H2,1-3H3/t7-/m1/s1. The second-order valence-corrected chi connectivity index (χ2v) is 2.86. The second-order valence-electron chi connectivity index (χ2n) is 2.86. The fraction of sp³-hybridized carbons (Fsp3) is 1.00. The number of hydrogen-bond donors (Lipinski definition) is 1. The molecule has 1 atom stereocenters. The summed E-state index contributed by atoms with van der Waals surface area (Å²) in [5.41, 5.74) is 0. The summed E-state index contributed by atoms with van der Waals surface area (Å²) in [5, 5.41) is 3.06. The van der Waals surface area contributed by atoms with Crippen molar-refractivity contribution in [1.29, 1.82) is 0 Å². The van der Waals surface area contributed by atoms with Gasteiger partial charge in [0.15, 0.2) is 0 Å². The zero-order valence-corrected chi connectivity index (χ0v) is 6.45. The highest BCUT2D eigenvalue weighted by Gasteiger charge is 1.99. The Kier molecular flexibility index (Phi) is 4.68. The number of rotatable bonds is 4. The summed E-state index contributed by atoms with van der Waals surface area (Å²) in [6, 6.07) is 0.0207. The molecule has 0 spiro atoms. The summed E-state index contributed by atoms with van der Waals surface area (Å²) in [6.45, 7) is 6.70. The van der Waals surface area contributed by atoms with Crippen molar-refractivity contribution in [3.8, 4) is 0 Å². The lowest BCUT2D eigenvalue weighted by atomic mass is 10.2. The van der Waals surface area contributed by atoms with Gasteiger partial charge in [0.1, 0.15) is 6.67 Å². The highest BCUT2D eigenvalue weighted by molar-refractivity contribution is 4.59. The smallest absolute Gasteiger partial charge is 0.104 e. The van der Waals surface area contributed by atoms with Gasteiger partial charge in [-0.2, -0.15) is 0 Å². The van der Waals surface area contributed by atoms with E-state index < -0.39 is 0 Å². The summed E-state index contributed by atoms with van der Waals surface area (Å²) in [4.78, 5) is 0. The van der Waals surface area contributed by atoms with E-state index in [0.29, 0.717) is 5.92 Å². The van der Waals surface area contributed by atoms with Crippen molar-refractivity contribution >= 4 is 0 Å². The molecule has 0 aliphatic rings. The SMILES string of the molecule is CC(C)CN[C@H](C)CF. The Morgan fingerprint density at radius 2 is 1.89 bits per heavy atom. The highest BCUT2D eigenvalue weighted by Crippen LogP contribution is 1.89. The molecule has 0 heterocycles. The average Bonchev–Trinajstić information content (AvgIpc) is 1.83. The van der Waals surface area contributed by atoms with Crippen LogP contribution in [0.15, 0.2) is 0 Å². The molecule has 0 aliphatic carbocycles. The first-order chi connectivity index (χ1) is 4.16. The largest absolute Gasteiger partial charge is 0.311 e. The first-order valence-electron chi connectivity index (χ1n) is 3.46. The van der Waals surface area contributed by atoms with Crippen molar-refractivity contribution in [3.05, 3.63) is 0 Å². The lowest BCUT2D eigenvalue weighted by Crippen LogP contribution is -2.30. The van der Waals surface area contributed by atoms with Gasteiger partial charge in [0.05, 0.1) is 0 Å². The molecule has 0 aromatic rings. The zero-order valence-electron chi connectivity index (χ0n) is 6.45.